The van der Waals surface area contributed by atoms with Crippen molar-refractivity contribution in [2.24, 2.45) is 0 Å². The first-order chi connectivity index (χ1) is 10.1. The molecule has 0 heterocycles. The molecule has 2 rings (SSSR count). The minimum atomic E-state index is 0.0352. The molecule has 1 atom stereocenters. The highest BCUT2D eigenvalue weighted by molar-refractivity contribution is 6.21. The molecular weight excluding hydrogens is 278 g/mol. The topological polar surface area (TPSA) is 3.24 Å². The molecule has 2 heteroatoms. The van der Waals surface area contributed by atoms with Crippen LogP contribution in [0.1, 0.15) is 34.6 Å². The zero-order chi connectivity index (χ0) is 15.2. The second-order valence-electron chi connectivity index (χ2n) is 5.62. The van der Waals surface area contributed by atoms with Crippen molar-refractivity contribution in [1.82, 2.24) is 4.90 Å². The number of benzene rings is 2. The smallest absolute Gasteiger partial charge is 0.0712 e. The minimum absolute atomic E-state index is 0.0352. The van der Waals surface area contributed by atoms with Gasteiger partial charge in [-0.2, -0.15) is 0 Å². The normalized spacial score (nSPS) is 12.6. The van der Waals surface area contributed by atoms with E-state index in [9.17, 15) is 0 Å². The van der Waals surface area contributed by atoms with Crippen LogP contribution in [0.25, 0.3) is 0 Å². The van der Waals surface area contributed by atoms with Gasteiger partial charge in [0.25, 0.3) is 0 Å². The first-order valence-corrected chi connectivity index (χ1v) is 8.01. The lowest BCUT2D eigenvalue weighted by molar-refractivity contribution is 0.280. The molecule has 1 nitrogen and oxygen atoms in total. The summed E-state index contributed by atoms with van der Waals surface area (Å²) in [6, 6.07) is 17.1. The van der Waals surface area contributed by atoms with Crippen molar-refractivity contribution < 1.29 is 0 Å². The maximum atomic E-state index is 6.63. The Bertz CT molecular complexity index is 565. The van der Waals surface area contributed by atoms with Crippen molar-refractivity contribution in [3.8, 4) is 0 Å². The average molecular weight is 302 g/mol. The Hall–Kier alpha value is -1.31. The minimum Gasteiger partial charge on any atom is -0.298 e. The second kappa shape index (κ2) is 7.63. The zero-order valence-electron chi connectivity index (χ0n) is 13.1. The van der Waals surface area contributed by atoms with Gasteiger partial charge < -0.3 is 0 Å². The summed E-state index contributed by atoms with van der Waals surface area (Å²) in [7, 11) is 0. The number of rotatable bonds is 6. The van der Waals surface area contributed by atoms with Crippen molar-refractivity contribution in [2.75, 3.05) is 13.1 Å². The van der Waals surface area contributed by atoms with Gasteiger partial charge >= 0.3 is 0 Å². The first-order valence-electron chi connectivity index (χ1n) is 7.57. The maximum Gasteiger partial charge on any atom is 0.0712 e. The Morgan fingerprint density at radius 3 is 2.33 bits per heavy atom. The van der Waals surface area contributed by atoms with Crippen LogP contribution in [0.2, 0.25) is 0 Å². The molecule has 2 aromatic rings. The van der Waals surface area contributed by atoms with Gasteiger partial charge in [0.2, 0.25) is 0 Å². The van der Waals surface area contributed by atoms with Gasteiger partial charge in [-0.05, 0) is 42.6 Å². The molecule has 112 valence electrons. The highest BCUT2D eigenvalue weighted by atomic mass is 35.5. The Balaban J connectivity index is 2.02. The summed E-state index contributed by atoms with van der Waals surface area (Å²) in [6.07, 6.45) is 0. The quantitative estimate of drug-likeness (QED) is 0.671. The third kappa shape index (κ3) is 4.59. The summed E-state index contributed by atoms with van der Waals surface area (Å²) in [6.45, 7) is 9.29. The molecule has 0 aliphatic rings. The molecular formula is C19H24ClN. The van der Waals surface area contributed by atoms with E-state index in [1.165, 1.54) is 22.3 Å². The van der Waals surface area contributed by atoms with Crippen LogP contribution in [0.5, 0.6) is 0 Å². The fraction of sp³-hybridized carbons (Fsp3) is 0.368. The molecule has 1 unspecified atom stereocenters. The molecule has 21 heavy (non-hydrogen) atoms. The van der Waals surface area contributed by atoms with Gasteiger partial charge in [0.1, 0.15) is 0 Å². The summed E-state index contributed by atoms with van der Waals surface area (Å²) < 4.78 is 0. The molecule has 0 aliphatic carbocycles. The van der Waals surface area contributed by atoms with Crippen LogP contribution in [0.3, 0.4) is 0 Å². The Kier molecular flexibility index (Phi) is 5.84. The number of likely N-dealkylation sites (N-methyl/N-ethyl adjacent to an activating group) is 1. The molecule has 0 N–H and O–H groups in total. The molecule has 0 fully saturated rings. The molecule has 0 aliphatic heterocycles. The van der Waals surface area contributed by atoms with Crippen LogP contribution in [0, 0.1) is 13.8 Å². The Morgan fingerprint density at radius 2 is 1.71 bits per heavy atom. The lowest BCUT2D eigenvalue weighted by atomic mass is 10.0. The molecule has 0 bridgehead atoms. The van der Waals surface area contributed by atoms with Crippen molar-refractivity contribution in [1.29, 1.82) is 0 Å². The summed E-state index contributed by atoms with van der Waals surface area (Å²) >= 11 is 6.63. The van der Waals surface area contributed by atoms with E-state index >= 15 is 0 Å². The molecule has 0 amide bonds. The van der Waals surface area contributed by atoms with Crippen LogP contribution in [0.4, 0.5) is 0 Å². The van der Waals surface area contributed by atoms with Gasteiger partial charge in [0.05, 0.1) is 5.38 Å². The summed E-state index contributed by atoms with van der Waals surface area (Å²) in [5.41, 5.74) is 5.18. The number of hydrogen-bond acceptors (Lipinski definition) is 1. The number of nitrogens with zero attached hydrogens (tertiary/aromatic N) is 1. The van der Waals surface area contributed by atoms with E-state index in [0.717, 1.165) is 19.6 Å². The SMILES string of the molecule is CCN(Cc1ccccc1)CC(Cl)c1ccc(C)c(C)c1. The molecule has 0 aromatic heterocycles. The Labute approximate surface area is 133 Å². The predicted octanol–water partition coefficient (Wildman–Crippen LogP) is 5.11. The van der Waals surface area contributed by atoms with Gasteiger partial charge in [0, 0.05) is 13.1 Å². The molecule has 0 saturated carbocycles. The number of halogens is 1. The van der Waals surface area contributed by atoms with Crippen LogP contribution in [-0.4, -0.2) is 18.0 Å². The number of hydrogen-bond donors (Lipinski definition) is 0. The summed E-state index contributed by atoms with van der Waals surface area (Å²) in [5, 5.41) is 0.0352. The monoisotopic (exact) mass is 301 g/mol. The summed E-state index contributed by atoms with van der Waals surface area (Å²) in [5.74, 6) is 0. The van der Waals surface area contributed by atoms with Gasteiger partial charge in [0.15, 0.2) is 0 Å². The van der Waals surface area contributed by atoms with Gasteiger partial charge in [-0.15, -0.1) is 11.6 Å². The fourth-order valence-electron chi connectivity index (χ4n) is 2.44. The molecule has 0 saturated heterocycles. The highest BCUT2D eigenvalue weighted by Gasteiger charge is 2.13. The molecule has 0 radical (unpaired) electrons. The van der Waals surface area contributed by atoms with Crippen molar-refractivity contribution in [2.45, 2.75) is 32.7 Å². The van der Waals surface area contributed by atoms with Crippen molar-refractivity contribution in [3.05, 3.63) is 70.8 Å². The second-order valence-corrected chi connectivity index (χ2v) is 6.15. The largest absolute Gasteiger partial charge is 0.298 e. The van der Waals surface area contributed by atoms with Crippen LogP contribution in [-0.2, 0) is 6.54 Å². The van der Waals surface area contributed by atoms with E-state index in [4.69, 9.17) is 11.6 Å². The van der Waals surface area contributed by atoms with Crippen molar-refractivity contribution >= 4 is 11.6 Å². The number of alkyl halides is 1. The highest BCUT2D eigenvalue weighted by Crippen LogP contribution is 2.24. The number of aryl methyl sites for hydroxylation is 2. The van der Waals surface area contributed by atoms with E-state index in [2.05, 4.69) is 74.2 Å². The van der Waals surface area contributed by atoms with Crippen LogP contribution >= 0.6 is 11.6 Å². The maximum absolute atomic E-state index is 6.63. The van der Waals surface area contributed by atoms with Gasteiger partial charge in [-0.25, -0.2) is 0 Å². The van der Waals surface area contributed by atoms with Crippen LogP contribution < -0.4 is 0 Å². The van der Waals surface area contributed by atoms with Gasteiger partial charge in [-0.3, -0.25) is 4.90 Å². The summed E-state index contributed by atoms with van der Waals surface area (Å²) in [4.78, 5) is 2.39. The van der Waals surface area contributed by atoms with Gasteiger partial charge in [-0.1, -0.05) is 55.5 Å². The van der Waals surface area contributed by atoms with E-state index in [1.54, 1.807) is 0 Å². The Morgan fingerprint density at radius 1 is 1.00 bits per heavy atom. The van der Waals surface area contributed by atoms with E-state index in [-0.39, 0.29) is 5.38 Å². The van der Waals surface area contributed by atoms with Crippen LogP contribution in [0.15, 0.2) is 48.5 Å². The molecule has 2 aromatic carbocycles. The lowest BCUT2D eigenvalue weighted by Crippen LogP contribution is -2.26. The average Bonchev–Trinajstić information content (AvgIpc) is 2.50. The molecule has 0 spiro atoms. The standard InChI is InChI=1S/C19H24ClN/c1-4-21(13-17-8-6-5-7-9-17)14-19(20)18-11-10-15(2)16(3)12-18/h5-12,19H,4,13-14H2,1-3H3. The third-order valence-corrected chi connectivity index (χ3v) is 4.40. The first kappa shape index (κ1) is 16.1. The van der Waals surface area contributed by atoms with Crippen molar-refractivity contribution in [3.63, 3.8) is 0 Å². The van der Waals surface area contributed by atoms with E-state index in [0.29, 0.717) is 0 Å². The zero-order valence-corrected chi connectivity index (χ0v) is 13.9. The fourth-order valence-corrected chi connectivity index (χ4v) is 2.77. The van der Waals surface area contributed by atoms with E-state index < -0.39 is 0 Å². The lowest BCUT2D eigenvalue weighted by Gasteiger charge is -2.24. The third-order valence-electron chi connectivity index (χ3n) is 4.01. The predicted molar refractivity (Wildman–Crippen MR) is 91.9 cm³/mol. The van der Waals surface area contributed by atoms with E-state index in [1.807, 2.05) is 0 Å².